The minimum atomic E-state index is -1.91. The van der Waals surface area contributed by atoms with Crippen LogP contribution >= 0.6 is 0 Å². The lowest BCUT2D eigenvalue weighted by molar-refractivity contribution is -0.148. The van der Waals surface area contributed by atoms with Crippen LogP contribution in [-0.4, -0.2) is 72.9 Å². The standard InChI is InChI=1S/C19H25FN2O6/c1-27-13-19(20)10-15(18(25)26)22(12-19)17(24)11-21-16(23)8-5-9-28-14-6-3-2-4-7-14/h2-4,6-7,15H,5,8-13H2,1H3,(H,21,23)(H,25,26)/t15-,19?/m1/s1. The van der Waals surface area contributed by atoms with Crippen LogP contribution < -0.4 is 10.1 Å². The topological polar surface area (TPSA) is 105 Å². The van der Waals surface area contributed by atoms with E-state index in [0.717, 1.165) is 4.90 Å². The number of halogens is 1. The molecule has 1 aromatic carbocycles. The zero-order chi connectivity index (χ0) is 20.6. The molecule has 154 valence electrons. The minimum Gasteiger partial charge on any atom is -0.494 e. The van der Waals surface area contributed by atoms with Crippen molar-refractivity contribution in [3.05, 3.63) is 30.3 Å². The zero-order valence-electron chi connectivity index (χ0n) is 15.7. The molecule has 8 nitrogen and oxygen atoms in total. The summed E-state index contributed by atoms with van der Waals surface area (Å²) in [7, 11) is 1.31. The molecule has 28 heavy (non-hydrogen) atoms. The molecule has 0 aliphatic carbocycles. The van der Waals surface area contributed by atoms with Crippen LogP contribution in [0.2, 0.25) is 0 Å². The molecule has 1 fully saturated rings. The molecule has 0 spiro atoms. The van der Waals surface area contributed by atoms with Gasteiger partial charge in [-0.05, 0) is 18.6 Å². The van der Waals surface area contributed by atoms with Gasteiger partial charge in [-0.25, -0.2) is 9.18 Å². The number of nitrogens with one attached hydrogen (secondary N) is 1. The number of hydrogen-bond acceptors (Lipinski definition) is 5. The number of carbonyl (C=O) groups excluding carboxylic acids is 2. The summed E-state index contributed by atoms with van der Waals surface area (Å²) in [6.07, 6.45) is 0.268. The van der Waals surface area contributed by atoms with Gasteiger partial charge in [-0.3, -0.25) is 9.59 Å². The summed E-state index contributed by atoms with van der Waals surface area (Å²) in [5, 5.41) is 11.7. The Balaban J connectivity index is 1.74. The van der Waals surface area contributed by atoms with Crippen molar-refractivity contribution in [2.24, 2.45) is 0 Å². The van der Waals surface area contributed by atoms with E-state index in [1.807, 2.05) is 30.3 Å². The van der Waals surface area contributed by atoms with Crippen molar-refractivity contribution >= 4 is 17.8 Å². The zero-order valence-corrected chi connectivity index (χ0v) is 15.7. The first-order chi connectivity index (χ1) is 13.3. The number of hydrogen-bond donors (Lipinski definition) is 2. The summed E-state index contributed by atoms with van der Waals surface area (Å²) >= 11 is 0. The number of ether oxygens (including phenoxy) is 2. The second-order valence-corrected chi connectivity index (χ2v) is 6.71. The van der Waals surface area contributed by atoms with E-state index in [9.17, 15) is 23.9 Å². The first kappa shape index (κ1) is 21.6. The van der Waals surface area contributed by atoms with Crippen LogP contribution in [0.4, 0.5) is 4.39 Å². The predicted octanol–water partition coefficient (Wildman–Crippen LogP) is 1.00. The van der Waals surface area contributed by atoms with E-state index in [1.54, 1.807) is 0 Å². The summed E-state index contributed by atoms with van der Waals surface area (Å²) in [4.78, 5) is 36.4. The summed E-state index contributed by atoms with van der Waals surface area (Å²) in [5.41, 5.74) is -1.91. The van der Waals surface area contributed by atoms with E-state index in [0.29, 0.717) is 18.8 Å². The maximum atomic E-state index is 14.6. The fourth-order valence-corrected chi connectivity index (χ4v) is 3.09. The summed E-state index contributed by atoms with van der Waals surface area (Å²) in [6, 6.07) is 7.90. The van der Waals surface area contributed by atoms with Gasteiger partial charge >= 0.3 is 5.97 Å². The summed E-state index contributed by atoms with van der Waals surface area (Å²) in [5.74, 6) is -1.58. The molecule has 1 aromatic rings. The van der Waals surface area contributed by atoms with Crippen LogP contribution in [0.5, 0.6) is 5.75 Å². The number of rotatable bonds is 10. The van der Waals surface area contributed by atoms with Gasteiger partial charge in [0.1, 0.15) is 11.8 Å². The Morgan fingerprint density at radius 2 is 2.04 bits per heavy atom. The summed E-state index contributed by atoms with van der Waals surface area (Å²) < 4.78 is 24.9. The van der Waals surface area contributed by atoms with Crippen molar-refractivity contribution in [3.63, 3.8) is 0 Å². The van der Waals surface area contributed by atoms with Crippen molar-refractivity contribution in [3.8, 4) is 5.75 Å². The highest BCUT2D eigenvalue weighted by Gasteiger charge is 2.49. The molecule has 0 radical (unpaired) electrons. The third kappa shape index (κ3) is 6.19. The average Bonchev–Trinajstić information content (AvgIpc) is 3.02. The molecule has 0 bridgehead atoms. The maximum absolute atomic E-state index is 14.6. The van der Waals surface area contributed by atoms with E-state index in [1.165, 1.54) is 7.11 Å². The van der Waals surface area contributed by atoms with Gasteiger partial charge < -0.3 is 24.8 Å². The summed E-state index contributed by atoms with van der Waals surface area (Å²) in [6.45, 7) is -0.711. The number of nitrogens with zero attached hydrogens (tertiary/aromatic N) is 1. The van der Waals surface area contributed by atoms with Gasteiger partial charge in [-0.15, -0.1) is 0 Å². The number of alkyl halides is 1. The van der Waals surface area contributed by atoms with E-state index in [2.05, 4.69) is 5.32 Å². The molecule has 9 heteroatoms. The van der Waals surface area contributed by atoms with Crippen molar-refractivity contribution < 1.29 is 33.4 Å². The first-order valence-electron chi connectivity index (χ1n) is 8.99. The number of likely N-dealkylation sites (tertiary alicyclic amines) is 1. The Labute approximate surface area is 162 Å². The van der Waals surface area contributed by atoms with Crippen LogP contribution in [0.25, 0.3) is 0 Å². The SMILES string of the molecule is COCC1(F)C[C@H](C(=O)O)N(C(=O)CNC(=O)CCCOc2ccccc2)C1. The van der Waals surface area contributed by atoms with E-state index in [-0.39, 0.29) is 38.4 Å². The van der Waals surface area contributed by atoms with Gasteiger partial charge in [0.05, 0.1) is 26.3 Å². The Hall–Kier alpha value is -2.68. The highest BCUT2D eigenvalue weighted by Crippen LogP contribution is 2.31. The van der Waals surface area contributed by atoms with E-state index < -0.39 is 23.6 Å². The number of amides is 2. The van der Waals surface area contributed by atoms with Crippen LogP contribution in [0.3, 0.4) is 0 Å². The fraction of sp³-hybridized carbons (Fsp3) is 0.526. The number of carboxylic acid groups (broad SMARTS) is 1. The number of benzene rings is 1. The van der Waals surface area contributed by atoms with Gasteiger partial charge in [-0.2, -0.15) is 0 Å². The van der Waals surface area contributed by atoms with Gasteiger partial charge in [0, 0.05) is 20.0 Å². The normalized spacial score (nSPS) is 21.4. The second-order valence-electron chi connectivity index (χ2n) is 6.71. The lowest BCUT2D eigenvalue weighted by atomic mass is 10.0. The molecule has 2 amide bonds. The largest absolute Gasteiger partial charge is 0.494 e. The number of methoxy groups -OCH3 is 1. The van der Waals surface area contributed by atoms with Crippen molar-refractivity contribution in [2.75, 3.05) is 33.4 Å². The molecular formula is C19H25FN2O6. The van der Waals surface area contributed by atoms with Crippen LogP contribution in [0.1, 0.15) is 19.3 Å². The number of para-hydroxylation sites is 1. The lowest BCUT2D eigenvalue weighted by Gasteiger charge is -2.22. The van der Waals surface area contributed by atoms with Crippen LogP contribution in [-0.2, 0) is 19.1 Å². The molecule has 1 heterocycles. The molecule has 0 saturated carbocycles. The predicted molar refractivity (Wildman–Crippen MR) is 97.6 cm³/mol. The van der Waals surface area contributed by atoms with Crippen molar-refractivity contribution in [1.29, 1.82) is 0 Å². The minimum absolute atomic E-state index is 0.152. The second kappa shape index (κ2) is 10.0. The highest BCUT2D eigenvalue weighted by atomic mass is 19.1. The fourth-order valence-electron chi connectivity index (χ4n) is 3.09. The quantitative estimate of drug-likeness (QED) is 0.572. The van der Waals surface area contributed by atoms with Gasteiger partial charge in [0.25, 0.3) is 0 Å². The van der Waals surface area contributed by atoms with Crippen LogP contribution in [0, 0.1) is 0 Å². The Bertz CT molecular complexity index is 686. The number of aliphatic carboxylic acids is 1. The molecular weight excluding hydrogens is 371 g/mol. The maximum Gasteiger partial charge on any atom is 0.326 e. The first-order valence-corrected chi connectivity index (χ1v) is 8.99. The molecule has 2 rings (SSSR count). The number of carbonyl (C=O) groups is 3. The Morgan fingerprint density at radius 1 is 1.32 bits per heavy atom. The monoisotopic (exact) mass is 396 g/mol. The van der Waals surface area contributed by atoms with E-state index in [4.69, 9.17) is 9.47 Å². The van der Waals surface area contributed by atoms with Crippen molar-refractivity contribution in [1.82, 2.24) is 10.2 Å². The molecule has 2 atom stereocenters. The Morgan fingerprint density at radius 3 is 2.68 bits per heavy atom. The molecule has 0 aromatic heterocycles. The van der Waals surface area contributed by atoms with Crippen molar-refractivity contribution in [2.45, 2.75) is 31.0 Å². The van der Waals surface area contributed by atoms with Crippen LogP contribution in [0.15, 0.2) is 30.3 Å². The third-order valence-electron chi connectivity index (χ3n) is 4.39. The lowest BCUT2D eigenvalue weighted by Crippen LogP contribution is -2.46. The van der Waals surface area contributed by atoms with Gasteiger partial charge in [0.2, 0.25) is 11.8 Å². The molecule has 1 saturated heterocycles. The highest BCUT2D eigenvalue weighted by molar-refractivity contribution is 5.88. The smallest absolute Gasteiger partial charge is 0.326 e. The molecule has 1 unspecified atom stereocenters. The average molecular weight is 396 g/mol. The third-order valence-corrected chi connectivity index (χ3v) is 4.39. The molecule has 2 N–H and O–H groups in total. The van der Waals surface area contributed by atoms with Gasteiger partial charge in [-0.1, -0.05) is 18.2 Å². The molecule has 1 aliphatic rings. The molecule has 1 aliphatic heterocycles. The Kier molecular flexibility index (Phi) is 7.74. The van der Waals surface area contributed by atoms with Gasteiger partial charge in [0.15, 0.2) is 5.67 Å². The number of carboxylic acids is 1. The van der Waals surface area contributed by atoms with E-state index >= 15 is 0 Å².